The lowest BCUT2D eigenvalue weighted by Gasteiger charge is -2.30. The average Bonchev–Trinajstić information content (AvgIpc) is 2.49. The maximum Gasteiger partial charge on any atom is 0.161 e. The highest BCUT2D eigenvalue weighted by Crippen LogP contribution is 2.31. The van der Waals surface area contributed by atoms with Crippen LogP contribution < -0.4 is 15.2 Å². The number of ether oxygens (including phenoxy) is 2. The van der Waals surface area contributed by atoms with E-state index in [-0.39, 0.29) is 12.5 Å². The third-order valence-corrected chi connectivity index (χ3v) is 3.48. The lowest BCUT2D eigenvalue weighted by Crippen LogP contribution is -2.46. The second kappa shape index (κ2) is 5.69. The van der Waals surface area contributed by atoms with Crippen LogP contribution in [0.3, 0.4) is 0 Å². The van der Waals surface area contributed by atoms with Gasteiger partial charge in [-0.15, -0.1) is 0 Å². The Morgan fingerprint density at radius 3 is 2.67 bits per heavy atom. The molecule has 0 bridgehead atoms. The molecule has 3 rings (SSSR count). The van der Waals surface area contributed by atoms with E-state index in [0.29, 0.717) is 23.7 Å². The van der Waals surface area contributed by atoms with Crippen molar-refractivity contribution in [1.82, 2.24) is 0 Å². The third-order valence-electron chi connectivity index (χ3n) is 3.48. The number of hydrogen-bond donors (Lipinski definition) is 1. The van der Waals surface area contributed by atoms with E-state index < -0.39 is 17.7 Å². The molecule has 0 saturated heterocycles. The number of para-hydroxylation sites is 2. The first-order chi connectivity index (χ1) is 10.1. The topological polar surface area (TPSA) is 44.5 Å². The molecule has 2 aromatic carbocycles. The van der Waals surface area contributed by atoms with Gasteiger partial charge >= 0.3 is 0 Å². The maximum absolute atomic E-state index is 13.6. The second-order valence-electron chi connectivity index (χ2n) is 5.02. The van der Waals surface area contributed by atoms with Gasteiger partial charge in [-0.3, -0.25) is 0 Å². The molecular weight excluding hydrogens is 276 g/mol. The van der Waals surface area contributed by atoms with E-state index in [4.69, 9.17) is 15.2 Å². The van der Waals surface area contributed by atoms with Gasteiger partial charge in [-0.1, -0.05) is 18.2 Å². The SMILES string of the molecule is NC(Cc1ccc(F)cc1F)C1COc2ccccc2O1. The number of nitrogens with two attached hydrogens (primary N) is 1. The summed E-state index contributed by atoms with van der Waals surface area (Å²) < 4.78 is 37.9. The summed E-state index contributed by atoms with van der Waals surface area (Å²) in [6.45, 7) is 0.307. The van der Waals surface area contributed by atoms with Crippen LogP contribution in [0.2, 0.25) is 0 Å². The van der Waals surface area contributed by atoms with Gasteiger partial charge in [0.05, 0.1) is 0 Å². The van der Waals surface area contributed by atoms with E-state index in [0.717, 1.165) is 6.07 Å². The average molecular weight is 291 g/mol. The Bertz CT molecular complexity index is 648. The summed E-state index contributed by atoms with van der Waals surface area (Å²) in [6.07, 6.45) is -0.119. The summed E-state index contributed by atoms with van der Waals surface area (Å²) >= 11 is 0. The van der Waals surface area contributed by atoms with Crippen molar-refractivity contribution in [2.75, 3.05) is 6.61 Å². The zero-order valence-electron chi connectivity index (χ0n) is 11.3. The summed E-state index contributed by atoms with van der Waals surface area (Å²) in [5.74, 6) is 0.108. The molecule has 0 aliphatic carbocycles. The minimum Gasteiger partial charge on any atom is -0.486 e. The van der Waals surface area contributed by atoms with Crippen LogP contribution in [0.5, 0.6) is 11.5 Å². The molecular formula is C16H15F2NO2. The summed E-state index contributed by atoms with van der Waals surface area (Å²) in [6, 6.07) is 10.4. The molecule has 0 amide bonds. The van der Waals surface area contributed by atoms with Gasteiger partial charge in [0.2, 0.25) is 0 Å². The van der Waals surface area contributed by atoms with Crippen molar-refractivity contribution >= 4 is 0 Å². The predicted molar refractivity (Wildman–Crippen MR) is 74.4 cm³/mol. The largest absolute Gasteiger partial charge is 0.486 e. The molecule has 0 radical (unpaired) electrons. The van der Waals surface area contributed by atoms with Crippen molar-refractivity contribution in [1.29, 1.82) is 0 Å². The zero-order valence-corrected chi connectivity index (χ0v) is 11.3. The molecule has 1 heterocycles. The molecule has 21 heavy (non-hydrogen) atoms. The number of benzene rings is 2. The molecule has 2 N–H and O–H groups in total. The summed E-state index contributed by atoms with van der Waals surface area (Å²) in [5, 5.41) is 0. The minimum atomic E-state index is -0.601. The summed E-state index contributed by atoms with van der Waals surface area (Å²) in [5.41, 5.74) is 6.45. The van der Waals surface area contributed by atoms with Crippen molar-refractivity contribution in [2.24, 2.45) is 5.73 Å². The van der Waals surface area contributed by atoms with Gasteiger partial charge in [0, 0.05) is 12.1 Å². The fraction of sp³-hybridized carbons (Fsp3) is 0.250. The fourth-order valence-corrected chi connectivity index (χ4v) is 2.32. The number of hydrogen-bond acceptors (Lipinski definition) is 3. The molecule has 0 saturated carbocycles. The van der Waals surface area contributed by atoms with E-state index in [2.05, 4.69) is 0 Å². The van der Waals surface area contributed by atoms with Gasteiger partial charge < -0.3 is 15.2 Å². The van der Waals surface area contributed by atoms with Gasteiger partial charge in [-0.05, 0) is 30.2 Å². The smallest absolute Gasteiger partial charge is 0.161 e. The Morgan fingerprint density at radius 2 is 1.90 bits per heavy atom. The number of rotatable bonds is 3. The Balaban J connectivity index is 1.70. The maximum atomic E-state index is 13.6. The normalized spacial score (nSPS) is 18.3. The van der Waals surface area contributed by atoms with Gasteiger partial charge in [0.25, 0.3) is 0 Å². The molecule has 0 spiro atoms. The Labute approximate surface area is 121 Å². The second-order valence-corrected chi connectivity index (χ2v) is 5.02. The van der Waals surface area contributed by atoms with Crippen LogP contribution in [-0.4, -0.2) is 18.8 Å². The van der Waals surface area contributed by atoms with Crippen LogP contribution in [0.25, 0.3) is 0 Å². The quantitative estimate of drug-likeness (QED) is 0.945. The standard InChI is InChI=1S/C16H15F2NO2/c17-11-6-5-10(12(18)8-11)7-13(19)16-9-20-14-3-1-2-4-15(14)21-16/h1-6,8,13,16H,7,9,19H2. The van der Waals surface area contributed by atoms with Gasteiger partial charge in [-0.2, -0.15) is 0 Å². The highest BCUT2D eigenvalue weighted by atomic mass is 19.1. The van der Waals surface area contributed by atoms with E-state index in [1.165, 1.54) is 12.1 Å². The van der Waals surface area contributed by atoms with Crippen molar-refractivity contribution < 1.29 is 18.3 Å². The van der Waals surface area contributed by atoms with Crippen LogP contribution in [0.15, 0.2) is 42.5 Å². The molecule has 0 aromatic heterocycles. The van der Waals surface area contributed by atoms with Crippen LogP contribution in [0.1, 0.15) is 5.56 Å². The first-order valence-corrected chi connectivity index (χ1v) is 6.71. The Morgan fingerprint density at radius 1 is 1.14 bits per heavy atom. The molecule has 3 nitrogen and oxygen atoms in total. The van der Waals surface area contributed by atoms with Crippen molar-refractivity contribution in [3.05, 3.63) is 59.7 Å². The predicted octanol–water partition coefficient (Wildman–Crippen LogP) is 2.67. The molecule has 1 aliphatic rings. The highest BCUT2D eigenvalue weighted by Gasteiger charge is 2.27. The zero-order chi connectivity index (χ0) is 14.8. The van der Waals surface area contributed by atoms with Gasteiger partial charge in [0.15, 0.2) is 11.5 Å². The molecule has 2 atom stereocenters. The Hall–Kier alpha value is -2.14. The molecule has 2 unspecified atom stereocenters. The van der Waals surface area contributed by atoms with Crippen LogP contribution in [-0.2, 0) is 6.42 Å². The van der Waals surface area contributed by atoms with Gasteiger partial charge in [0.1, 0.15) is 24.3 Å². The molecule has 2 aromatic rings. The highest BCUT2D eigenvalue weighted by molar-refractivity contribution is 5.40. The Kier molecular flexibility index (Phi) is 3.75. The van der Waals surface area contributed by atoms with Crippen LogP contribution in [0, 0.1) is 11.6 Å². The molecule has 1 aliphatic heterocycles. The summed E-state index contributed by atoms with van der Waals surface area (Å²) in [7, 11) is 0. The lowest BCUT2D eigenvalue weighted by molar-refractivity contribution is 0.0721. The minimum absolute atomic E-state index is 0.252. The molecule has 110 valence electrons. The van der Waals surface area contributed by atoms with Crippen molar-refractivity contribution in [3.8, 4) is 11.5 Å². The van der Waals surface area contributed by atoms with E-state index in [1.54, 1.807) is 6.07 Å². The van der Waals surface area contributed by atoms with Crippen LogP contribution in [0.4, 0.5) is 8.78 Å². The van der Waals surface area contributed by atoms with Gasteiger partial charge in [-0.25, -0.2) is 8.78 Å². The molecule has 0 fully saturated rings. The fourth-order valence-electron chi connectivity index (χ4n) is 2.32. The third kappa shape index (κ3) is 2.97. The molecule has 5 heteroatoms. The first-order valence-electron chi connectivity index (χ1n) is 6.71. The van der Waals surface area contributed by atoms with E-state index in [1.807, 2.05) is 18.2 Å². The number of fused-ring (bicyclic) bond motifs is 1. The first kappa shape index (κ1) is 13.8. The number of halogens is 2. The monoisotopic (exact) mass is 291 g/mol. The van der Waals surface area contributed by atoms with E-state index >= 15 is 0 Å². The van der Waals surface area contributed by atoms with Crippen molar-refractivity contribution in [3.63, 3.8) is 0 Å². The van der Waals surface area contributed by atoms with Crippen molar-refractivity contribution in [2.45, 2.75) is 18.6 Å². The van der Waals surface area contributed by atoms with E-state index in [9.17, 15) is 8.78 Å². The van der Waals surface area contributed by atoms with Crippen LogP contribution >= 0.6 is 0 Å². The lowest BCUT2D eigenvalue weighted by atomic mass is 10.0. The summed E-state index contributed by atoms with van der Waals surface area (Å²) in [4.78, 5) is 0.